The Morgan fingerprint density at radius 2 is 1.87 bits per heavy atom. The molecule has 3 aromatic rings. The van der Waals surface area contributed by atoms with E-state index in [9.17, 15) is 4.79 Å². The largest absolute Gasteiger partial charge is 0.300 e. The van der Waals surface area contributed by atoms with E-state index in [1.807, 2.05) is 25.1 Å². The van der Waals surface area contributed by atoms with Gasteiger partial charge in [0.2, 0.25) is 5.95 Å². The summed E-state index contributed by atoms with van der Waals surface area (Å²) in [5, 5.41) is 3.59. The first-order valence-electron chi connectivity index (χ1n) is 6.77. The second kappa shape index (κ2) is 7.75. The quantitative estimate of drug-likeness (QED) is 0.708. The summed E-state index contributed by atoms with van der Waals surface area (Å²) < 4.78 is 0. The second-order valence-corrected chi connectivity index (χ2v) is 5.38. The number of thiazole rings is 1. The van der Waals surface area contributed by atoms with Gasteiger partial charge < -0.3 is 5.32 Å². The number of carbonyl (C=O) groups excluding carboxylic acids is 1. The monoisotopic (exact) mass is 347 g/mol. The maximum atomic E-state index is 12.2. The van der Waals surface area contributed by atoms with Gasteiger partial charge >= 0.3 is 0 Å². The van der Waals surface area contributed by atoms with Crippen molar-refractivity contribution in [3.63, 3.8) is 0 Å². The van der Waals surface area contributed by atoms with Gasteiger partial charge in [0, 0.05) is 25.0 Å². The fourth-order valence-corrected chi connectivity index (χ4v) is 2.84. The van der Waals surface area contributed by atoms with E-state index in [1.165, 1.54) is 11.3 Å². The van der Waals surface area contributed by atoms with Crippen LogP contribution in [0.4, 0.5) is 11.1 Å². The normalized spacial score (nSPS) is 9.96. The van der Waals surface area contributed by atoms with Crippen molar-refractivity contribution < 1.29 is 4.79 Å². The fourth-order valence-electron chi connectivity index (χ4n) is 1.86. The molecule has 0 saturated carbocycles. The zero-order valence-electron chi connectivity index (χ0n) is 12.3. The number of ketones is 1. The number of nitrogens with zero attached hydrogens (tertiary/aromatic N) is 4. The van der Waals surface area contributed by atoms with Gasteiger partial charge in [-0.2, -0.15) is 0 Å². The first-order chi connectivity index (χ1) is 10.8. The molecule has 0 unspecified atom stereocenters. The van der Waals surface area contributed by atoms with Crippen molar-refractivity contribution in [2.24, 2.45) is 0 Å². The molecule has 3 heterocycles. The van der Waals surface area contributed by atoms with Crippen LogP contribution in [0.15, 0.2) is 42.9 Å². The van der Waals surface area contributed by atoms with Gasteiger partial charge in [-0.15, -0.1) is 12.4 Å². The van der Waals surface area contributed by atoms with Gasteiger partial charge in [0.1, 0.15) is 10.6 Å². The molecule has 0 radical (unpaired) electrons. The number of Topliss-reactive ketones (excluding diaryl/α,β-unsaturated/α-hetero) is 1. The Balaban J connectivity index is 0.00000192. The molecule has 0 aliphatic carbocycles. The van der Waals surface area contributed by atoms with Gasteiger partial charge in [-0.25, -0.2) is 15.0 Å². The summed E-state index contributed by atoms with van der Waals surface area (Å²) in [6, 6.07) is 7.27. The van der Waals surface area contributed by atoms with Crippen LogP contribution in [-0.2, 0) is 0 Å². The van der Waals surface area contributed by atoms with Crippen LogP contribution >= 0.6 is 23.7 Å². The molecule has 0 aliphatic rings. The molecule has 118 valence electrons. The molecule has 3 rings (SSSR count). The molecule has 6 nitrogen and oxygen atoms in total. The highest BCUT2D eigenvalue weighted by Gasteiger charge is 2.19. The molecule has 0 aliphatic heterocycles. The van der Waals surface area contributed by atoms with Crippen LogP contribution in [0.5, 0.6) is 0 Å². The Hall–Kier alpha value is -2.38. The number of carbonyl (C=O) groups is 1. The van der Waals surface area contributed by atoms with Crippen molar-refractivity contribution in [3.8, 4) is 11.4 Å². The standard InChI is InChI=1S/C15H13N5OS.ClH/c1-2-11(21)13-12(10-6-3-4-7-16-10)19-15(22-13)20-14-17-8-5-9-18-14;/h3-9H,2H2,1H3,(H,17,18,19,20);1H. The van der Waals surface area contributed by atoms with Gasteiger partial charge in [-0.3, -0.25) is 9.78 Å². The van der Waals surface area contributed by atoms with Crippen LogP contribution < -0.4 is 5.32 Å². The molecule has 0 saturated heterocycles. The summed E-state index contributed by atoms with van der Waals surface area (Å²) in [6.07, 6.45) is 5.38. The van der Waals surface area contributed by atoms with Gasteiger partial charge in [-0.1, -0.05) is 24.3 Å². The van der Waals surface area contributed by atoms with E-state index in [0.717, 1.165) is 0 Å². The molecule has 0 spiro atoms. The summed E-state index contributed by atoms with van der Waals surface area (Å²) in [5.74, 6) is 0.486. The van der Waals surface area contributed by atoms with Crippen LogP contribution in [0.1, 0.15) is 23.0 Å². The molecule has 3 aromatic heterocycles. The topological polar surface area (TPSA) is 80.7 Å². The Morgan fingerprint density at radius 3 is 2.52 bits per heavy atom. The number of aromatic nitrogens is 4. The van der Waals surface area contributed by atoms with Crippen LogP contribution in [0.2, 0.25) is 0 Å². The van der Waals surface area contributed by atoms with Crippen LogP contribution in [0, 0.1) is 0 Å². The van der Waals surface area contributed by atoms with Gasteiger partial charge in [-0.05, 0) is 18.2 Å². The van der Waals surface area contributed by atoms with Gasteiger partial charge in [0.15, 0.2) is 10.9 Å². The Kier molecular flexibility index (Phi) is 5.72. The molecule has 0 amide bonds. The lowest BCUT2D eigenvalue weighted by atomic mass is 10.2. The molecule has 0 fully saturated rings. The summed E-state index contributed by atoms with van der Waals surface area (Å²) in [5.41, 5.74) is 1.27. The highest BCUT2D eigenvalue weighted by atomic mass is 35.5. The van der Waals surface area contributed by atoms with Gasteiger partial charge in [0.05, 0.1) is 5.69 Å². The van der Waals surface area contributed by atoms with Gasteiger partial charge in [0.25, 0.3) is 0 Å². The predicted octanol–water partition coefficient (Wildman–Crippen LogP) is 3.75. The predicted molar refractivity (Wildman–Crippen MR) is 92.5 cm³/mol. The lowest BCUT2D eigenvalue weighted by Crippen LogP contribution is -1.97. The Morgan fingerprint density at radius 1 is 1.13 bits per heavy atom. The summed E-state index contributed by atoms with van der Waals surface area (Å²) >= 11 is 1.29. The first-order valence-corrected chi connectivity index (χ1v) is 7.59. The number of anilines is 2. The fraction of sp³-hybridized carbons (Fsp3) is 0.133. The average Bonchev–Trinajstić information content (AvgIpc) is 3.00. The molecular weight excluding hydrogens is 334 g/mol. The highest BCUT2D eigenvalue weighted by molar-refractivity contribution is 7.18. The number of nitrogens with one attached hydrogen (secondary N) is 1. The minimum atomic E-state index is 0. The van der Waals surface area contributed by atoms with Crippen molar-refractivity contribution in [1.29, 1.82) is 0 Å². The summed E-state index contributed by atoms with van der Waals surface area (Å²) in [4.78, 5) is 29.7. The molecule has 0 atom stereocenters. The number of hydrogen-bond acceptors (Lipinski definition) is 7. The third-order valence-corrected chi connectivity index (χ3v) is 3.91. The SMILES string of the molecule is CCC(=O)c1sc(Nc2ncccn2)nc1-c1ccccn1.Cl. The molecule has 1 N–H and O–H groups in total. The van der Waals surface area contributed by atoms with E-state index >= 15 is 0 Å². The van der Waals surface area contributed by atoms with E-state index in [0.29, 0.717) is 33.8 Å². The number of pyridine rings is 1. The molecule has 8 heteroatoms. The molecule has 0 aromatic carbocycles. The zero-order chi connectivity index (χ0) is 15.4. The Bertz CT molecular complexity index is 779. The number of hydrogen-bond donors (Lipinski definition) is 1. The smallest absolute Gasteiger partial charge is 0.228 e. The minimum absolute atomic E-state index is 0. The minimum Gasteiger partial charge on any atom is -0.300 e. The van der Waals surface area contributed by atoms with Crippen molar-refractivity contribution in [2.75, 3.05) is 5.32 Å². The van der Waals surface area contributed by atoms with Crippen LogP contribution in [0.3, 0.4) is 0 Å². The van der Waals surface area contributed by atoms with Crippen molar-refractivity contribution >= 4 is 40.6 Å². The Labute approximate surface area is 143 Å². The van der Waals surface area contributed by atoms with Crippen LogP contribution in [-0.4, -0.2) is 25.7 Å². The maximum absolute atomic E-state index is 12.2. The number of halogens is 1. The van der Waals surface area contributed by atoms with E-state index in [-0.39, 0.29) is 18.2 Å². The third kappa shape index (κ3) is 3.88. The first kappa shape index (κ1) is 17.0. The summed E-state index contributed by atoms with van der Waals surface area (Å²) in [6.45, 7) is 1.83. The van der Waals surface area contributed by atoms with Crippen molar-refractivity contribution in [2.45, 2.75) is 13.3 Å². The lowest BCUT2D eigenvalue weighted by molar-refractivity contribution is 0.0992. The van der Waals surface area contributed by atoms with Crippen LogP contribution in [0.25, 0.3) is 11.4 Å². The summed E-state index contributed by atoms with van der Waals surface area (Å²) in [7, 11) is 0. The third-order valence-electron chi connectivity index (χ3n) is 2.89. The molecular formula is C15H14ClN5OS. The van der Waals surface area contributed by atoms with E-state index < -0.39 is 0 Å². The van der Waals surface area contributed by atoms with Crippen molar-refractivity contribution in [1.82, 2.24) is 19.9 Å². The zero-order valence-corrected chi connectivity index (χ0v) is 13.9. The molecule has 0 bridgehead atoms. The number of rotatable bonds is 5. The van der Waals surface area contributed by atoms with E-state index in [4.69, 9.17) is 0 Å². The maximum Gasteiger partial charge on any atom is 0.228 e. The van der Waals surface area contributed by atoms with Crippen molar-refractivity contribution in [3.05, 3.63) is 47.7 Å². The average molecular weight is 348 g/mol. The molecule has 23 heavy (non-hydrogen) atoms. The van der Waals surface area contributed by atoms with E-state index in [1.54, 1.807) is 24.7 Å². The van der Waals surface area contributed by atoms with E-state index in [2.05, 4.69) is 25.3 Å². The second-order valence-electron chi connectivity index (χ2n) is 4.39. The lowest BCUT2D eigenvalue weighted by Gasteiger charge is -1.98. The highest BCUT2D eigenvalue weighted by Crippen LogP contribution is 2.32.